The third-order valence-electron chi connectivity index (χ3n) is 3.83. The zero-order valence-corrected chi connectivity index (χ0v) is 14.9. The van der Waals surface area contributed by atoms with Crippen molar-refractivity contribution in [3.05, 3.63) is 58.1 Å². The van der Waals surface area contributed by atoms with E-state index in [4.69, 9.17) is 4.74 Å². The van der Waals surface area contributed by atoms with Crippen molar-refractivity contribution < 1.29 is 14.6 Å². The molecule has 4 nitrogen and oxygen atoms in total. The Kier molecular flexibility index (Phi) is 4.53. The van der Waals surface area contributed by atoms with Crippen LogP contribution in [0.4, 0.5) is 0 Å². The summed E-state index contributed by atoms with van der Waals surface area (Å²) in [4.78, 5) is 16.3. The molecule has 1 aromatic heterocycles. The van der Waals surface area contributed by atoms with Crippen LogP contribution in [-0.2, 0) is 0 Å². The average Bonchev–Trinajstić information content (AvgIpc) is 2.55. The first kappa shape index (κ1) is 16.5. The molecule has 3 aromatic rings. The molecule has 0 saturated carbocycles. The van der Waals surface area contributed by atoms with E-state index < -0.39 is 5.97 Å². The summed E-state index contributed by atoms with van der Waals surface area (Å²) in [6.45, 7) is 4.27. The molecule has 3 rings (SSSR count). The highest BCUT2D eigenvalue weighted by Gasteiger charge is 2.14. The number of aromatic nitrogens is 1. The van der Waals surface area contributed by atoms with E-state index in [2.05, 4.69) is 20.9 Å². The second kappa shape index (κ2) is 6.61. The number of carboxylic acid groups (broad SMARTS) is 1. The molecule has 0 amide bonds. The molecule has 0 spiro atoms. The SMILES string of the molecule is CCOc1ccc(-c2nc3ccc(Br)cc3c(C(=O)[O-])c2C)cc1. The second-order valence-corrected chi connectivity index (χ2v) is 6.28. The lowest BCUT2D eigenvalue weighted by atomic mass is 9.98. The summed E-state index contributed by atoms with van der Waals surface area (Å²) in [5.74, 6) is -0.436. The fraction of sp³-hybridized carbons (Fsp3) is 0.158. The number of benzene rings is 2. The van der Waals surface area contributed by atoms with Gasteiger partial charge in [-0.25, -0.2) is 4.98 Å². The van der Waals surface area contributed by atoms with Gasteiger partial charge in [0.1, 0.15) is 5.75 Å². The monoisotopic (exact) mass is 384 g/mol. The summed E-state index contributed by atoms with van der Waals surface area (Å²) >= 11 is 3.37. The number of pyridine rings is 1. The zero-order chi connectivity index (χ0) is 17.3. The Labute approximate surface area is 148 Å². The molecule has 0 atom stereocenters. The first-order valence-electron chi connectivity index (χ1n) is 7.55. The van der Waals surface area contributed by atoms with Crippen LogP contribution in [-0.4, -0.2) is 17.6 Å². The normalized spacial score (nSPS) is 10.8. The van der Waals surface area contributed by atoms with E-state index >= 15 is 0 Å². The largest absolute Gasteiger partial charge is 0.545 e. The predicted octanol–water partition coefficient (Wildman–Crippen LogP) is 3.73. The lowest BCUT2D eigenvalue weighted by Crippen LogP contribution is -2.24. The minimum absolute atomic E-state index is 0.171. The lowest BCUT2D eigenvalue weighted by molar-refractivity contribution is -0.254. The highest BCUT2D eigenvalue weighted by atomic mass is 79.9. The predicted molar refractivity (Wildman–Crippen MR) is 95.1 cm³/mol. The number of rotatable bonds is 4. The molecule has 24 heavy (non-hydrogen) atoms. The highest BCUT2D eigenvalue weighted by Crippen LogP contribution is 2.31. The van der Waals surface area contributed by atoms with Gasteiger partial charge in [0.05, 0.1) is 23.8 Å². The maximum absolute atomic E-state index is 11.7. The van der Waals surface area contributed by atoms with E-state index in [1.807, 2.05) is 37.3 Å². The molecule has 122 valence electrons. The smallest absolute Gasteiger partial charge is 0.119 e. The van der Waals surface area contributed by atoms with Gasteiger partial charge in [0.2, 0.25) is 0 Å². The van der Waals surface area contributed by atoms with Gasteiger partial charge in [-0.15, -0.1) is 0 Å². The number of fused-ring (bicyclic) bond motifs is 1. The van der Waals surface area contributed by atoms with E-state index in [9.17, 15) is 9.90 Å². The van der Waals surface area contributed by atoms with Gasteiger partial charge in [0.15, 0.2) is 0 Å². The van der Waals surface area contributed by atoms with E-state index in [0.717, 1.165) is 15.8 Å². The number of ether oxygens (including phenoxy) is 1. The lowest BCUT2D eigenvalue weighted by Gasteiger charge is -2.16. The number of carboxylic acids is 1. The summed E-state index contributed by atoms with van der Waals surface area (Å²) in [7, 11) is 0. The first-order valence-corrected chi connectivity index (χ1v) is 8.35. The van der Waals surface area contributed by atoms with Crippen molar-refractivity contribution in [2.24, 2.45) is 0 Å². The van der Waals surface area contributed by atoms with Crippen molar-refractivity contribution in [3.8, 4) is 17.0 Å². The summed E-state index contributed by atoms with van der Waals surface area (Å²) in [5, 5.41) is 12.3. The third-order valence-corrected chi connectivity index (χ3v) is 4.33. The van der Waals surface area contributed by atoms with Crippen molar-refractivity contribution in [1.29, 1.82) is 0 Å². The second-order valence-electron chi connectivity index (χ2n) is 5.37. The molecule has 0 unspecified atom stereocenters. The minimum atomic E-state index is -1.20. The van der Waals surface area contributed by atoms with Crippen LogP contribution in [0.2, 0.25) is 0 Å². The van der Waals surface area contributed by atoms with Crippen LogP contribution >= 0.6 is 15.9 Å². The molecule has 1 heterocycles. The summed E-state index contributed by atoms with van der Waals surface area (Å²) in [5.41, 5.74) is 2.84. The molecule has 0 N–H and O–H groups in total. The molecule has 0 radical (unpaired) electrons. The van der Waals surface area contributed by atoms with Gasteiger partial charge in [-0.05, 0) is 61.9 Å². The number of hydrogen-bond acceptors (Lipinski definition) is 4. The van der Waals surface area contributed by atoms with Crippen LogP contribution in [0, 0.1) is 6.92 Å². The van der Waals surface area contributed by atoms with Crippen molar-refractivity contribution in [2.75, 3.05) is 6.61 Å². The topological polar surface area (TPSA) is 62.2 Å². The molecule has 0 fully saturated rings. The number of hydrogen-bond donors (Lipinski definition) is 0. The Hall–Kier alpha value is -2.40. The molecule has 0 bridgehead atoms. The van der Waals surface area contributed by atoms with Crippen molar-refractivity contribution in [2.45, 2.75) is 13.8 Å². The van der Waals surface area contributed by atoms with Crippen molar-refractivity contribution in [3.63, 3.8) is 0 Å². The summed E-state index contributed by atoms with van der Waals surface area (Å²) < 4.78 is 6.24. The molecule has 0 aliphatic rings. The van der Waals surface area contributed by atoms with Crippen LogP contribution in [0.5, 0.6) is 5.75 Å². The Bertz CT molecular complexity index is 920. The minimum Gasteiger partial charge on any atom is -0.545 e. The Balaban J connectivity index is 2.23. The van der Waals surface area contributed by atoms with E-state index in [1.165, 1.54) is 0 Å². The van der Waals surface area contributed by atoms with Gasteiger partial charge in [0, 0.05) is 21.0 Å². The number of nitrogens with zero attached hydrogens (tertiary/aromatic N) is 1. The van der Waals surface area contributed by atoms with Crippen molar-refractivity contribution in [1.82, 2.24) is 4.98 Å². The molecule has 5 heteroatoms. The maximum Gasteiger partial charge on any atom is 0.119 e. The van der Waals surface area contributed by atoms with Crippen LogP contribution in [0.3, 0.4) is 0 Å². The van der Waals surface area contributed by atoms with Crippen molar-refractivity contribution >= 4 is 32.8 Å². The van der Waals surface area contributed by atoms with Gasteiger partial charge in [-0.2, -0.15) is 0 Å². The highest BCUT2D eigenvalue weighted by molar-refractivity contribution is 9.10. The van der Waals surface area contributed by atoms with Gasteiger partial charge >= 0.3 is 0 Å². The van der Waals surface area contributed by atoms with Crippen LogP contribution in [0.15, 0.2) is 46.9 Å². The standard InChI is InChI=1S/C19H16BrNO3/c1-3-24-14-7-4-12(5-8-14)18-11(2)17(19(22)23)15-10-13(20)6-9-16(15)21-18/h4-10H,3H2,1-2H3,(H,22,23)/p-1. The van der Waals surface area contributed by atoms with Crippen LogP contribution in [0.25, 0.3) is 22.2 Å². The number of carbonyl (C=O) groups is 1. The quantitative estimate of drug-likeness (QED) is 0.687. The maximum atomic E-state index is 11.7. The Morgan fingerprint density at radius 3 is 2.54 bits per heavy atom. The van der Waals surface area contributed by atoms with Gasteiger partial charge < -0.3 is 14.6 Å². The Morgan fingerprint density at radius 1 is 1.21 bits per heavy atom. The van der Waals surface area contributed by atoms with Gasteiger partial charge in [-0.1, -0.05) is 15.9 Å². The third kappa shape index (κ3) is 2.99. The van der Waals surface area contributed by atoms with Crippen LogP contribution in [0.1, 0.15) is 22.8 Å². The molecule has 0 saturated heterocycles. The van der Waals surface area contributed by atoms with E-state index in [-0.39, 0.29) is 5.56 Å². The number of halogens is 1. The van der Waals surface area contributed by atoms with Crippen LogP contribution < -0.4 is 9.84 Å². The van der Waals surface area contributed by atoms with Gasteiger partial charge in [0.25, 0.3) is 0 Å². The molecule has 0 aliphatic heterocycles. The zero-order valence-electron chi connectivity index (χ0n) is 13.3. The average molecular weight is 385 g/mol. The summed E-state index contributed by atoms with van der Waals surface area (Å²) in [6, 6.07) is 12.8. The number of carbonyl (C=O) groups excluding carboxylic acids is 1. The van der Waals surface area contributed by atoms with E-state index in [1.54, 1.807) is 19.1 Å². The molecular formula is C19H15BrNO3-. The fourth-order valence-corrected chi connectivity index (χ4v) is 3.11. The fourth-order valence-electron chi connectivity index (χ4n) is 2.75. The van der Waals surface area contributed by atoms with E-state index in [0.29, 0.717) is 28.8 Å². The summed E-state index contributed by atoms with van der Waals surface area (Å²) in [6.07, 6.45) is 0. The molecule has 0 aliphatic carbocycles. The first-order chi connectivity index (χ1) is 11.5. The number of aromatic carboxylic acids is 1. The Morgan fingerprint density at radius 2 is 1.92 bits per heavy atom. The van der Waals surface area contributed by atoms with Gasteiger partial charge in [-0.3, -0.25) is 0 Å². The molecular weight excluding hydrogens is 370 g/mol. The molecule has 2 aromatic carbocycles.